The normalized spacial score (nSPS) is 12.5. The van der Waals surface area contributed by atoms with Crippen LogP contribution in [0.2, 0.25) is 0 Å². The van der Waals surface area contributed by atoms with Gasteiger partial charge in [-0.3, -0.25) is 9.35 Å². The first-order valence-electron chi connectivity index (χ1n) is 13.8. The van der Waals surface area contributed by atoms with E-state index < -0.39 is 27.8 Å². The van der Waals surface area contributed by atoms with Crippen LogP contribution in [0.5, 0.6) is 0 Å². The van der Waals surface area contributed by atoms with E-state index in [9.17, 15) is 13.2 Å². The molecular formula is C27H53NO4S. The Morgan fingerprint density at radius 1 is 0.727 bits per heavy atom. The van der Waals surface area contributed by atoms with Gasteiger partial charge in [-0.1, -0.05) is 142 Å². The third-order valence-corrected chi connectivity index (χ3v) is 7.17. The lowest BCUT2D eigenvalue weighted by Gasteiger charge is -2.16. The fraction of sp³-hybridized carbons (Fsp3) is 0.889. The van der Waals surface area contributed by atoms with Gasteiger partial charge < -0.3 is 5.32 Å². The molecule has 0 radical (unpaired) electrons. The minimum absolute atomic E-state index is 0.406. The molecule has 1 amide bonds. The first-order chi connectivity index (χ1) is 15.9. The number of hydrogen-bond donors (Lipinski definition) is 2. The number of nitrogens with one attached hydrogen (secondary N) is 1. The molecule has 0 aliphatic rings. The number of carbonyl (C=O) groups excluding carboxylic acids is 1. The van der Waals surface area contributed by atoms with Crippen LogP contribution in [-0.4, -0.2) is 30.7 Å². The summed E-state index contributed by atoms with van der Waals surface area (Å²) in [6.45, 7) is 5.65. The first-order valence-corrected chi connectivity index (χ1v) is 15.4. The quantitative estimate of drug-likeness (QED) is 0.0783. The van der Waals surface area contributed by atoms with Crippen LogP contribution in [0.25, 0.3) is 0 Å². The average Bonchev–Trinajstić information content (AvgIpc) is 2.76. The summed E-state index contributed by atoms with van der Waals surface area (Å²) < 4.78 is 31.2. The summed E-state index contributed by atoms with van der Waals surface area (Å²) >= 11 is 0. The summed E-state index contributed by atoms with van der Waals surface area (Å²) in [7, 11) is -4.10. The fourth-order valence-corrected chi connectivity index (χ4v) is 5.12. The minimum Gasteiger partial charge on any atom is -0.349 e. The van der Waals surface area contributed by atoms with Crippen LogP contribution in [-0.2, 0) is 14.9 Å². The molecule has 0 fully saturated rings. The van der Waals surface area contributed by atoms with Crippen molar-refractivity contribution in [2.24, 2.45) is 0 Å². The maximum atomic E-state index is 11.4. The van der Waals surface area contributed by atoms with Gasteiger partial charge in [0.05, 0.1) is 5.75 Å². The molecule has 6 heteroatoms. The molecule has 196 valence electrons. The molecule has 2 N–H and O–H groups in total. The summed E-state index contributed by atoms with van der Waals surface area (Å²) in [5.74, 6) is -0.845. The van der Waals surface area contributed by atoms with Crippen molar-refractivity contribution in [2.45, 2.75) is 148 Å². The van der Waals surface area contributed by atoms with Crippen LogP contribution in [0.3, 0.4) is 0 Å². The second kappa shape index (κ2) is 22.9. The zero-order valence-electron chi connectivity index (χ0n) is 21.5. The Bertz CT molecular complexity index is 562. The smallest absolute Gasteiger partial charge is 0.266 e. The highest BCUT2D eigenvalue weighted by atomic mass is 32.2. The third kappa shape index (κ3) is 25.6. The summed E-state index contributed by atoms with van der Waals surface area (Å²) in [5, 5.41) is 2.59. The summed E-state index contributed by atoms with van der Waals surface area (Å²) in [6.07, 6.45) is 28.0. The van der Waals surface area contributed by atoms with Crippen molar-refractivity contribution < 1.29 is 17.8 Å². The van der Waals surface area contributed by atoms with Crippen molar-refractivity contribution >= 4 is 16.0 Å². The minimum atomic E-state index is -4.10. The molecule has 1 unspecified atom stereocenters. The Kier molecular flexibility index (Phi) is 22.3. The van der Waals surface area contributed by atoms with E-state index >= 15 is 0 Å². The number of unbranched alkanes of at least 4 members (excludes halogenated alkanes) is 19. The SMILES string of the molecule is C=CC(=O)NC(CCCCCCCCCCCCCCCCCCCCCC)CS(=O)(=O)O. The molecular weight excluding hydrogens is 434 g/mol. The number of rotatable bonds is 25. The maximum Gasteiger partial charge on any atom is 0.266 e. The molecule has 33 heavy (non-hydrogen) atoms. The average molecular weight is 488 g/mol. The second-order valence-electron chi connectivity index (χ2n) is 9.66. The topological polar surface area (TPSA) is 83.5 Å². The van der Waals surface area contributed by atoms with E-state index in [1.54, 1.807) is 0 Å². The van der Waals surface area contributed by atoms with Crippen molar-refractivity contribution in [3.63, 3.8) is 0 Å². The summed E-state index contributed by atoms with van der Waals surface area (Å²) in [4.78, 5) is 11.4. The van der Waals surface area contributed by atoms with Gasteiger partial charge in [-0.15, -0.1) is 0 Å². The number of carbonyl (C=O) groups is 1. The molecule has 0 rings (SSSR count). The highest BCUT2D eigenvalue weighted by Gasteiger charge is 2.17. The van der Waals surface area contributed by atoms with E-state index in [1.807, 2.05) is 0 Å². The predicted molar refractivity (Wildman–Crippen MR) is 141 cm³/mol. The molecule has 0 aromatic carbocycles. The first kappa shape index (κ1) is 32.1. The molecule has 5 nitrogen and oxygen atoms in total. The molecule has 1 atom stereocenters. The van der Waals surface area contributed by atoms with E-state index in [1.165, 1.54) is 109 Å². The van der Waals surface area contributed by atoms with Gasteiger partial charge in [0.2, 0.25) is 5.91 Å². The lowest BCUT2D eigenvalue weighted by Crippen LogP contribution is -2.38. The van der Waals surface area contributed by atoms with Crippen molar-refractivity contribution in [3.05, 3.63) is 12.7 Å². The van der Waals surface area contributed by atoms with E-state index in [0.29, 0.717) is 6.42 Å². The van der Waals surface area contributed by atoms with Gasteiger partial charge in [-0.2, -0.15) is 8.42 Å². The van der Waals surface area contributed by atoms with Crippen LogP contribution < -0.4 is 5.32 Å². The van der Waals surface area contributed by atoms with Crippen molar-refractivity contribution in [2.75, 3.05) is 5.75 Å². The zero-order valence-corrected chi connectivity index (χ0v) is 22.3. The molecule has 0 spiro atoms. The summed E-state index contributed by atoms with van der Waals surface area (Å²) in [5.41, 5.74) is 0. The molecule has 0 aliphatic carbocycles. The Balaban J connectivity index is 3.41. The highest BCUT2D eigenvalue weighted by Crippen LogP contribution is 2.15. The number of hydrogen-bond acceptors (Lipinski definition) is 3. The molecule has 0 bridgehead atoms. The van der Waals surface area contributed by atoms with E-state index in [0.717, 1.165) is 25.3 Å². The molecule has 0 saturated carbocycles. The van der Waals surface area contributed by atoms with Crippen LogP contribution in [0.1, 0.15) is 142 Å². The molecule has 0 saturated heterocycles. The molecule has 0 aromatic heterocycles. The van der Waals surface area contributed by atoms with Crippen molar-refractivity contribution in [3.8, 4) is 0 Å². The van der Waals surface area contributed by atoms with Gasteiger partial charge in [0.25, 0.3) is 10.1 Å². The zero-order chi connectivity index (χ0) is 24.6. The molecule has 0 aromatic rings. The standard InChI is InChI=1S/C27H53NO4S/c1-3-5-6-7-8-9-10-11-12-13-14-15-16-17-18-19-20-21-22-23-24-26(25-33(30,31)32)28-27(29)4-2/h4,26H,2-3,5-25H2,1H3,(H,28,29)(H,30,31,32). The van der Waals surface area contributed by atoms with Crippen molar-refractivity contribution in [1.29, 1.82) is 0 Å². The van der Waals surface area contributed by atoms with E-state index in [2.05, 4.69) is 18.8 Å². The van der Waals surface area contributed by atoms with Crippen molar-refractivity contribution in [1.82, 2.24) is 5.32 Å². The summed E-state index contributed by atoms with van der Waals surface area (Å²) in [6, 6.07) is -0.555. The third-order valence-electron chi connectivity index (χ3n) is 6.35. The van der Waals surface area contributed by atoms with Gasteiger partial charge in [0.15, 0.2) is 0 Å². The van der Waals surface area contributed by atoms with Gasteiger partial charge in [0.1, 0.15) is 0 Å². The lowest BCUT2D eigenvalue weighted by molar-refractivity contribution is -0.117. The van der Waals surface area contributed by atoms with Crippen LogP contribution in [0.15, 0.2) is 12.7 Å². The van der Waals surface area contributed by atoms with Crippen LogP contribution in [0, 0.1) is 0 Å². The fourth-order valence-electron chi connectivity index (χ4n) is 4.36. The maximum absolute atomic E-state index is 11.4. The van der Waals surface area contributed by atoms with Crippen LogP contribution >= 0.6 is 0 Å². The van der Waals surface area contributed by atoms with Gasteiger partial charge in [0, 0.05) is 6.04 Å². The number of amides is 1. The van der Waals surface area contributed by atoms with Gasteiger partial charge in [-0.25, -0.2) is 0 Å². The van der Waals surface area contributed by atoms with E-state index in [4.69, 9.17) is 4.55 Å². The molecule has 0 aliphatic heterocycles. The van der Waals surface area contributed by atoms with Gasteiger partial charge >= 0.3 is 0 Å². The second-order valence-corrected chi connectivity index (χ2v) is 11.2. The largest absolute Gasteiger partial charge is 0.349 e. The van der Waals surface area contributed by atoms with E-state index in [-0.39, 0.29) is 0 Å². The highest BCUT2D eigenvalue weighted by molar-refractivity contribution is 7.85. The Morgan fingerprint density at radius 3 is 1.36 bits per heavy atom. The molecule has 0 heterocycles. The Labute approximate surface area is 205 Å². The monoisotopic (exact) mass is 487 g/mol. The van der Waals surface area contributed by atoms with Gasteiger partial charge in [-0.05, 0) is 12.5 Å². The Hall–Kier alpha value is -0.880. The Morgan fingerprint density at radius 2 is 1.06 bits per heavy atom. The predicted octanol–water partition coefficient (Wildman–Crippen LogP) is 7.76. The van der Waals surface area contributed by atoms with Crippen LogP contribution in [0.4, 0.5) is 0 Å². The lowest BCUT2D eigenvalue weighted by atomic mass is 10.0.